The molecule has 0 aromatic heterocycles. The Morgan fingerprint density at radius 2 is 1.65 bits per heavy atom. The Kier molecular flexibility index (Phi) is 4.45. The number of ketones is 1. The number of rotatable bonds is 3. The Morgan fingerprint density at radius 3 is 2.12 bits per heavy atom. The number of Topliss-reactive ketones (excluding diaryl/α,β-unsaturated/α-hetero) is 1. The van der Waals surface area contributed by atoms with E-state index in [0.717, 1.165) is 22.3 Å². The molecular formula is C16H20O. The fraction of sp³-hybridized carbons (Fsp3) is 0.312. The normalized spacial score (nSPS) is 12.2. The zero-order chi connectivity index (χ0) is 13.0. The summed E-state index contributed by atoms with van der Waals surface area (Å²) in [5.74, 6) is 0.123. The third-order valence-electron chi connectivity index (χ3n) is 2.80. The molecule has 0 bridgehead atoms. The largest absolute Gasteiger partial charge is 0.289 e. The standard InChI is InChI=1S/C16H20O/c1-6-7-8-12(3)16(17)15-13(4)9-11(2)10-14(15)5/h6-10H,1-5H3/b7-6+,12-8+. The smallest absolute Gasteiger partial charge is 0.189 e. The number of benzene rings is 1. The van der Waals surface area contributed by atoms with Crippen molar-refractivity contribution in [2.75, 3.05) is 0 Å². The molecule has 0 aliphatic rings. The molecular weight excluding hydrogens is 208 g/mol. The minimum absolute atomic E-state index is 0.123. The van der Waals surface area contributed by atoms with Crippen molar-refractivity contribution in [2.45, 2.75) is 34.6 Å². The fourth-order valence-corrected chi connectivity index (χ4v) is 2.05. The van der Waals surface area contributed by atoms with Crippen LogP contribution in [0, 0.1) is 20.8 Å². The summed E-state index contributed by atoms with van der Waals surface area (Å²) in [4.78, 5) is 12.3. The molecule has 1 aromatic rings. The first-order chi connectivity index (χ1) is 7.97. The van der Waals surface area contributed by atoms with E-state index >= 15 is 0 Å². The van der Waals surface area contributed by atoms with Gasteiger partial charge in [0.2, 0.25) is 0 Å². The van der Waals surface area contributed by atoms with E-state index in [2.05, 4.69) is 19.1 Å². The van der Waals surface area contributed by atoms with Crippen LogP contribution < -0.4 is 0 Å². The first kappa shape index (κ1) is 13.4. The highest BCUT2D eigenvalue weighted by Crippen LogP contribution is 2.19. The number of aryl methyl sites for hydroxylation is 3. The Hall–Kier alpha value is -1.63. The first-order valence-corrected chi connectivity index (χ1v) is 5.89. The summed E-state index contributed by atoms with van der Waals surface area (Å²) in [5, 5.41) is 0. The summed E-state index contributed by atoms with van der Waals surface area (Å²) >= 11 is 0. The fourth-order valence-electron chi connectivity index (χ4n) is 2.05. The van der Waals surface area contributed by atoms with Crippen molar-refractivity contribution in [1.29, 1.82) is 0 Å². The third kappa shape index (κ3) is 3.16. The van der Waals surface area contributed by atoms with E-state index < -0.39 is 0 Å². The lowest BCUT2D eigenvalue weighted by Gasteiger charge is -2.10. The van der Waals surface area contributed by atoms with E-state index in [1.54, 1.807) is 0 Å². The second kappa shape index (κ2) is 5.62. The van der Waals surface area contributed by atoms with Crippen LogP contribution in [0.4, 0.5) is 0 Å². The number of allylic oxidation sites excluding steroid dienone is 4. The Labute approximate surface area is 104 Å². The Balaban J connectivity index is 3.22. The molecule has 0 saturated carbocycles. The third-order valence-corrected chi connectivity index (χ3v) is 2.80. The molecule has 1 rings (SSSR count). The second-order valence-corrected chi connectivity index (χ2v) is 4.48. The number of hydrogen-bond donors (Lipinski definition) is 0. The zero-order valence-electron chi connectivity index (χ0n) is 11.3. The van der Waals surface area contributed by atoms with Gasteiger partial charge >= 0.3 is 0 Å². The Bertz CT molecular complexity index is 467. The van der Waals surface area contributed by atoms with Crippen molar-refractivity contribution in [1.82, 2.24) is 0 Å². The summed E-state index contributed by atoms with van der Waals surface area (Å²) in [6.07, 6.45) is 5.68. The highest BCUT2D eigenvalue weighted by atomic mass is 16.1. The monoisotopic (exact) mass is 228 g/mol. The lowest BCUT2D eigenvalue weighted by Crippen LogP contribution is -2.06. The topological polar surface area (TPSA) is 17.1 Å². The van der Waals surface area contributed by atoms with Gasteiger partial charge in [0, 0.05) is 5.56 Å². The molecule has 1 heteroatoms. The first-order valence-electron chi connectivity index (χ1n) is 5.89. The quantitative estimate of drug-likeness (QED) is 0.428. The van der Waals surface area contributed by atoms with Crippen LogP contribution in [0.2, 0.25) is 0 Å². The zero-order valence-corrected chi connectivity index (χ0v) is 11.3. The lowest BCUT2D eigenvalue weighted by atomic mass is 9.93. The molecule has 0 N–H and O–H groups in total. The van der Waals surface area contributed by atoms with Crippen LogP contribution in [0.15, 0.2) is 35.9 Å². The van der Waals surface area contributed by atoms with Crippen molar-refractivity contribution in [3.05, 3.63) is 58.2 Å². The van der Waals surface area contributed by atoms with Crippen LogP contribution in [0.25, 0.3) is 0 Å². The molecule has 0 fully saturated rings. The van der Waals surface area contributed by atoms with Crippen LogP contribution in [0.5, 0.6) is 0 Å². The summed E-state index contributed by atoms with van der Waals surface area (Å²) in [6, 6.07) is 4.12. The molecule has 0 aliphatic heterocycles. The molecule has 0 radical (unpaired) electrons. The van der Waals surface area contributed by atoms with Crippen LogP contribution in [-0.2, 0) is 0 Å². The van der Waals surface area contributed by atoms with Crippen LogP contribution in [0.1, 0.15) is 40.9 Å². The van der Waals surface area contributed by atoms with Crippen molar-refractivity contribution >= 4 is 5.78 Å². The number of carbonyl (C=O) groups excluding carboxylic acids is 1. The minimum Gasteiger partial charge on any atom is -0.289 e. The van der Waals surface area contributed by atoms with Crippen LogP contribution in [0.3, 0.4) is 0 Å². The second-order valence-electron chi connectivity index (χ2n) is 4.48. The van der Waals surface area contributed by atoms with Gasteiger partial charge in [-0.3, -0.25) is 4.79 Å². The maximum atomic E-state index is 12.3. The molecule has 0 unspecified atom stereocenters. The molecule has 0 aliphatic carbocycles. The van der Waals surface area contributed by atoms with Crippen molar-refractivity contribution in [3.8, 4) is 0 Å². The van der Waals surface area contributed by atoms with Gasteiger partial charge in [0.05, 0.1) is 0 Å². The average molecular weight is 228 g/mol. The lowest BCUT2D eigenvalue weighted by molar-refractivity contribution is 0.103. The number of carbonyl (C=O) groups is 1. The molecule has 0 spiro atoms. The van der Waals surface area contributed by atoms with Crippen molar-refractivity contribution in [2.24, 2.45) is 0 Å². The summed E-state index contributed by atoms with van der Waals surface area (Å²) < 4.78 is 0. The molecule has 1 aromatic carbocycles. The van der Waals surface area contributed by atoms with Gasteiger partial charge in [0.15, 0.2) is 5.78 Å². The van der Waals surface area contributed by atoms with Crippen molar-refractivity contribution in [3.63, 3.8) is 0 Å². The maximum Gasteiger partial charge on any atom is 0.189 e. The van der Waals surface area contributed by atoms with Gasteiger partial charge < -0.3 is 0 Å². The molecule has 0 atom stereocenters. The Morgan fingerprint density at radius 1 is 1.12 bits per heavy atom. The predicted molar refractivity (Wildman–Crippen MR) is 73.6 cm³/mol. The number of hydrogen-bond acceptors (Lipinski definition) is 1. The molecule has 17 heavy (non-hydrogen) atoms. The molecule has 0 heterocycles. The summed E-state index contributed by atoms with van der Waals surface area (Å²) in [5.41, 5.74) is 4.93. The van der Waals surface area contributed by atoms with Gasteiger partial charge in [-0.05, 0) is 51.3 Å². The molecule has 0 amide bonds. The maximum absolute atomic E-state index is 12.3. The molecule has 1 nitrogen and oxygen atoms in total. The highest BCUT2D eigenvalue weighted by molar-refractivity contribution is 6.10. The van der Waals surface area contributed by atoms with E-state index in [1.165, 1.54) is 5.56 Å². The predicted octanol–water partition coefficient (Wildman–Crippen LogP) is 4.32. The summed E-state index contributed by atoms with van der Waals surface area (Å²) in [7, 11) is 0. The average Bonchev–Trinajstić information content (AvgIpc) is 2.24. The van der Waals surface area contributed by atoms with Crippen LogP contribution in [-0.4, -0.2) is 5.78 Å². The minimum atomic E-state index is 0.123. The van der Waals surface area contributed by atoms with E-state index in [0.29, 0.717) is 0 Å². The van der Waals surface area contributed by atoms with Crippen molar-refractivity contribution < 1.29 is 4.79 Å². The van der Waals surface area contributed by atoms with Gasteiger partial charge in [-0.1, -0.05) is 35.9 Å². The van der Waals surface area contributed by atoms with E-state index in [4.69, 9.17) is 0 Å². The summed E-state index contributed by atoms with van der Waals surface area (Å²) in [6.45, 7) is 9.85. The molecule has 90 valence electrons. The van der Waals surface area contributed by atoms with E-state index in [9.17, 15) is 4.79 Å². The van der Waals surface area contributed by atoms with Gasteiger partial charge in [-0.2, -0.15) is 0 Å². The van der Waals surface area contributed by atoms with E-state index in [1.807, 2.05) is 45.9 Å². The van der Waals surface area contributed by atoms with Gasteiger partial charge in [0.1, 0.15) is 0 Å². The van der Waals surface area contributed by atoms with Gasteiger partial charge in [0.25, 0.3) is 0 Å². The highest BCUT2D eigenvalue weighted by Gasteiger charge is 2.13. The SMILES string of the molecule is C/C=C/C=C(\C)C(=O)c1c(C)cc(C)cc1C. The van der Waals surface area contributed by atoms with Gasteiger partial charge in [-0.25, -0.2) is 0 Å². The van der Waals surface area contributed by atoms with E-state index in [-0.39, 0.29) is 5.78 Å². The van der Waals surface area contributed by atoms with Crippen LogP contribution >= 0.6 is 0 Å². The molecule has 0 saturated heterocycles. The van der Waals surface area contributed by atoms with Gasteiger partial charge in [-0.15, -0.1) is 0 Å².